The van der Waals surface area contributed by atoms with E-state index >= 15 is 0 Å². The van der Waals surface area contributed by atoms with Crippen molar-refractivity contribution in [2.75, 3.05) is 0 Å². The van der Waals surface area contributed by atoms with Crippen molar-refractivity contribution >= 4 is 5.91 Å². The Bertz CT molecular complexity index is 639. The molecule has 1 aromatic heterocycles. The number of benzene rings is 1. The van der Waals surface area contributed by atoms with E-state index in [4.69, 9.17) is 0 Å². The Morgan fingerprint density at radius 2 is 1.90 bits per heavy atom. The van der Waals surface area contributed by atoms with Crippen LogP contribution < -0.4 is 5.32 Å². The summed E-state index contributed by atoms with van der Waals surface area (Å²) >= 11 is 0. The number of nitrogens with zero attached hydrogens (tertiary/aromatic N) is 1. The summed E-state index contributed by atoms with van der Waals surface area (Å²) in [6.07, 6.45) is -3.67. The van der Waals surface area contributed by atoms with E-state index in [0.29, 0.717) is 5.56 Å². The molecule has 110 valence electrons. The van der Waals surface area contributed by atoms with E-state index in [1.54, 1.807) is 18.2 Å². The van der Waals surface area contributed by atoms with Gasteiger partial charge < -0.3 is 10.4 Å². The summed E-state index contributed by atoms with van der Waals surface area (Å²) in [5.74, 6) is -0.539. The molecule has 2 rings (SSSR count). The second-order valence-electron chi connectivity index (χ2n) is 4.24. The van der Waals surface area contributed by atoms with Gasteiger partial charge in [0.05, 0.1) is 5.56 Å². The molecule has 0 aliphatic carbocycles. The number of halogens is 3. The number of phenols is 1. The summed E-state index contributed by atoms with van der Waals surface area (Å²) in [6.45, 7) is 0.0620. The van der Waals surface area contributed by atoms with Crippen LogP contribution in [-0.2, 0) is 12.7 Å². The normalized spacial score (nSPS) is 11.2. The predicted octanol–water partition coefficient (Wildman–Crippen LogP) is 2.74. The molecule has 2 aromatic rings. The number of carbonyl (C=O) groups is 1. The lowest BCUT2D eigenvalue weighted by atomic mass is 10.2. The molecule has 21 heavy (non-hydrogen) atoms. The minimum absolute atomic E-state index is 0.0124. The largest absolute Gasteiger partial charge is 0.508 e. The molecule has 1 amide bonds. The Morgan fingerprint density at radius 1 is 1.19 bits per heavy atom. The molecule has 0 spiro atoms. The molecule has 1 aromatic carbocycles. The summed E-state index contributed by atoms with van der Waals surface area (Å²) in [5, 5.41) is 12.0. The Balaban J connectivity index is 2.03. The zero-order chi connectivity index (χ0) is 15.5. The lowest BCUT2D eigenvalue weighted by Gasteiger charge is -2.08. The van der Waals surface area contributed by atoms with Crippen LogP contribution in [0.2, 0.25) is 0 Å². The maximum atomic E-state index is 12.3. The first-order valence-corrected chi connectivity index (χ1v) is 5.96. The highest BCUT2D eigenvalue weighted by Crippen LogP contribution is 2.27. The first-order chi connectivity index (χ1) is 9.88. The van der Waals surface area contributed by atoms with Crippen molar-refractivity contribution in [1.82, 2.24) is 10.3 Å². The minimum Gasteiger partial charge on any atom is -0.508 e. The van der Waals surface area contributed by atoms with Crippen LogP contribution in [-0.4, -0.2) is 16.0 Å². The summed E-state index contributed by atoms with van der Waals surface area (Å²) < 4.78 is 37.0. The number of hydrogen-bond acceptors (Lipinski definition) is 3. The van der Waals surface area contributed by atoms with E-state index in [1.807, 2.05) is 0 Å². The van der Waals surface area contributed by atoms with Gasteiger partial charge in [-0.1, -0.05) is 18.2 Å². The van der Waals surface area contributed by atoms with Crippen molar-refractivity contribution in [3.8, 4) is 5.75 Å². The molecule has 0 radical (unpaired) electrons. The van der Waals surface area contributed by atoms with Crippen LogP contribution in [0, 0.1) is 0 Å². The number of hydrogen-bond donors (Lipinski definition) is 2. The highest BCUT2D eigenvalue weighted by atomic mass is 19.4. The van der Waals surface area contributed by atoms with Gasteiger partial charge >= 0.3 is 6.18 Å². The summed E-state index contributed by atoms with van der Waals surface area (Å²) in [6, 6.07) is 8.23. The van der Waals surface area contributed by atoms with Crippen LogP contribution in [0.5, 0.6) is 5.75 Å². The lowest BCUT2D eigenvalue weighted by molar-refractivity contribution is -0.141. The van der Waals surface area contributed by atoms with Crippen LogP contribution >= 0.6 is 0 Å². The van der Waals surface area contributed by atoms with Gasteiger partial charge in [0.25, 0.3) is 5.91 Å². The van der Waals surface area contributed by atoms with Crippen molar-refractivity contribution < 1.29 is 23.1 Å². The monoisotopic (exact) mass is 296 g/mol. The third kappa shape index (κ3) is 3.71. The van der Waals surface area contributed by atoms with Crippen molar-refractivity contribution in [1.29, 1.82) is 0 Å². The molecule has 7 heteroatoms. The number of aromatic hydroxyl groups is 1. The van der Waals surface area contributed by atoms with Gasteiger partial charge in [-0.2, -0.15) is 13.2 Å². The van der Waals surface area contributed by atoms with Gasteiger partial charge in [-0.05, 0) is 18.2 Å². The summed E-state index contributed by atoms with van der Waals surface area (Å²) in [4.78, 5) is 15.0. The quantitative estimate of drug-likeness (QED) is 0.915. The number of nitrogens with one attached hydrogen (secondary N) is 1. The van der Waals surface area contributed by atoms with Crippen LogP contribution in [0.4, 0.5) is 13.2 Å². The fraction of sp³-hybridized carbons (Fsp3) is 0.143. The highest BCUT2D eigenvalue weighted by molar-refractivity contribution is 5.93. The molecule has 4 nitrogen and oxygen atoms in total. The number of amides is 1. The second-order valence-corrected chi connectivity index (χ2v) is 4.24. The lowest BCUT2D eigenvalue weighted by Crippen LogP contribution is -2.23. The van der Waals surface area contributed by atoms with Gasteiger partial charge in [-0.25, -0.2) is 0 Å². The smallest absolute Gasteiger partial charge is 0.433 e. The van der Waals surface area contributed by atoms with Crippen LogP contribution in [0.15, 0.2) is 42.6 Å². The molecule has 2 N–H and O–H groups in total. The average Bonchev–Trinajstić information content (AvgIpc) is 2.45. The van der Waals surface area contributed by atoms with E-state index in [2.05, 4.69) is 10.3 Å². The first kappa shape index (κ1) is 14.8. The number of phenolic OH excluding ortho intramolecular Hbond substituents is 1. The summed E-state index contributed by atoms with van der Waals surface area (Å²) in [5.41, 5.74) is -0.538. The third-order valence-electron chi connectivity index (χ3n) is 2.75. The third-order valence-corrected chi connectivity index (χ3v) is 2.75. The van der Waals surface area contributed by atoms with Gasteiger partial charge in [0.1, 0.15) is 11.4 Å². The standard InChI is InChI=1S/C14H11F3N2O2/c15-14(16,17)12-6-5-10(8-18-12)13(21)19-7-9-3-1-2-4-11(9)20/h1-6,8,20H,7H2,(H,19,21). The maximum Gasteiger partial charge on any atom is 0.433 e. The molecule has 0 atom stereocenters. The van der Waals surface area contributed by atoms with Gasteiger partial charge in [-0.15, -0.1) is 0 Å². The van der Waals surface area contributed by atoms with E-state index in [-0.39, 0.29) is 17.9 Å². The van der Waals surface area contributed by atoms with Crippen LogP contribution in [0.25, 0.3) is 0 Å². The minimum atomic E-state index is -4.54. The first-order valence-electron chi connectivity index (χ1n) is 5.96. The van der Waals surface area contributed by atoms with Crippen molar-refractivity contribution in [3.05, 3.63) is 59.4 Å². The fourth-order valence-electron chi connectivity index (χ4n) is 1.63. The molecule has 0 bridgehead atoms. The van der Waals surface area contributed by atoms with Gasteiger partial charge in [-0.3, -0.25) is 9.78 Å². The Hall–Kier alpha value is -2.57. The zero-order valence-electron chi connectivity index (χ0n) is 10.7. The molecule has 0 unspecified atom stereocenters. The number of pyridine rings is 1. The summed E-state index contributed by atoms with van der Waals surface area (Å²) in [7, 11) is 0. The number of carbonyl (C=O) groups excluding carboxylic acids is 1. The van der Waals surface area contributed by atoms with Crippen molar-refractivity contribution in [2.45, 2.75) is 12.7 Å². The highest BCUT2D eigenvalue weighted by Gasteiger charge is 2.32. The number of aromatic nitrogens is 1. The Morgan fingerprint density at radius 3 is 2.48 bits per heavy atom. The van der Waals surface area contributed by atoms with Crippen molar-refractivity contribution in [2.24, 2.45) is 0 Å². The van der Waals surface area contributed by atoms with Crippen LogP contribution in [0.3, 0.4) is 0 Å². The number of rotatable bonds is 3. The van der Waals surface area contributed by atoms with E-state index < -0.39 is 17.8 Å². The Labute approximate surface area is 118 Å². The van der Waals surface area contributed by atoms with E-state index in [1.165, 1.54) is 6.07 Å². The maximum absolute atomic E-state index is 12.3. The molecular weight excluding hydrogens is 285 g/mol. The fourth-order valence-corrected chi connectivity index (χ4v) is 1.63. The second kappa shape index (κ2) is 5.82. The molecule has 0 aliphatic rings. The van der Waals surface area contributed by atoms with Crippen molar-refractivity contribution in [3.63, 3.8) is 0 Å². The van der Waals surface area contributed by atoms with Gasteiger partial charge in [0.2, 0.25) is 0 Å². The molecular formula is C14H11F3N2O2. The average molecular weight is 296 g/mol. The predicted molar refractivity (Wildman–Crippen MR) is 68.5 cm³/mol. The number of para-hydroxylation sites is 1. The van der Waals surface area contributed by atoms with Gasteiger partial charge in [0.15, 0.2) is 0 Å². The van der Waals surface area contributed by atoms with Crippen LogP contribution in [0.1, 0.15) is 21.6 Å². The molecule has 1 heterocycles. The molecule has 0 saturated carbocycles. The SMILES string of the molecule is O=C(NCc1ccccc1O)c1ccc(C(F)(F)F)nc1. The zero-order valence-corrected chi connectivity index (χ0v) is 10.7. The molecule has 0 fully saturated rings. The molecule has 0 saturated heterocycles. The van der Waals surface area contributed by atoms with Gasteiger partial charge in [0, 0.05) is 18.3 Å². The Kier molecular flexibility index (Phi) is 4.11. The van der Waals surface area contributed by atoms with E-state index in [0.717, 1.165) is 18.3 Å². The topological polar surface area (TPSA) is 62.2 Å². The van der Waals surface area contributed by atoms with E-state index in [9.17, 15) is 23.1 Å². The molecule has 0 aliphatic heterocycles. The number of alkyl halides is 3.